The number of aromatic amines is 1. The second-order valence-corrected chi connectivity index (χ2v) is 4.16. The highest BCUT2D eigenvalue weighted by Crippen LogP contribution is 2.27. The number of aromatic nitrogens is 2. The maximum Gasteiger partial charge on any atom is 0.170 e. The molecular formula is C10H9FN4OS. The fourth-order valence-corrected chi connectivity index (χ4v) is 1.95. The van der Waals surface area contributed by atoms with E-state index in [2.05, 4.69) is 15.1 Å². The average molecular weight is 252 g/mol. The number of benzene rings is 1. The van der Waals surface area contributed by atoms with Crippen molar-refractivity contribution in [2.75, 3.05) is 0 Å². The summed E-state index contributed by atoms with van der Waals surface area (Å²) in [5.41, 5.74) is 5.68. The van der Waals surface area contributed by atoms with Gasteiger partial charge in [0, 0.05) is 18.0 Å². The van der Waals surface area contributed by atoms with Crippen molar-refractivity contribution in [2.45, 2.75) is 10.1 Å². The molecule has 0 radical (unpaired) electrons. The molecule has 4 N–H and O–H groups in total. The van der Waals surface area contributed by atoms with Gasteiger partial charge in [-0.05, 0) is 30.0 Å². The summed E-state index contributed by atoms with van der Waals surface area (Å²) in [5, 5.41) is 11.9. The predicted molar refractivity (Wildman–Crippen MR) is 61.6 cm³/mol. The van der Waals surface area contributed by atoms with Gasteiger partial charge < -0.3 is 15.9 Å². The number of amidine groups is 1. The molecule has 0 saturated carbocycles. The number of nitrogens with one attached hydrogen (secondary N) is 1. The zero-order valence-corrected chi connectivity index (χ0v) is 9.41. The molecule has 17 heavy (non-hydrogen) atoms. The molecule has 0 aliphatic carbocycles. The summed E-state index contributed by atoms with van der Waals surface area (Å²) in [6.45, 7) is 0. The Balaban J connectivity index is 2.26. The fraction of sp³-hybridized carbons (Fsp3) is 0. The molecule has 0 amide bonds. The van der Waals surface area contributed by atoms with Crippen LogP contribution < -0.4 is 5.73 Å². The molecule has 0 bridgehead atoms. The summed E-state index contributed by atoms with van der Waals surface area (Å²) >= 11 is 1.16. The summed E-state index contributed by atoms with van der Waals surface area (Å²) in [6.07, 6.45) is 3.25. The Bertz CT molecular complexity index is 541. The van der Waals surface area contributed by atoms with Gasteiger partial charge in [-0.25, -0.2) is 9.37 Å². The zero-order valence-electron chi connectivity index (χ0n) is 8.59. The van der Waals surface area contributed by atoms with Crippen LogP contribution in [0.5, 0.6) is 0 Å². The van der Waals surface area contributed by atoms with Crippen molar-refractivity contribution in [2.24, 2.45) is 10.9 Å². The Labute approximate surface area is 101 Å². The van der Waals surface area contributed by atoms with Crippen LogP contribution >= 0.6 is 11.8 Å². The van der Waals surface area contributed by atoms with Crippen LogP contribution in [0.15, 0.2) is 45.8 Å². The Kier molecular flexibility index (Phi) is 3.29. The summed E-state index contributed by atoms with van der Waals surface area (Å²) in [5.74, 6) is -0.575. The Morgan fingerprint density at radius 3 is 2.94 bits per heavy atom. The Morgan fingerprint density at radius 1 is 1.53 bits per heavy atom. The SMILES string of the molecule is N/C(=N/O)c1ccc(Sc2ncc[nH]2)c(F)c1. The second kappa shape index (κ2) is 4.88. The number of rotatable bonds is 3. The van der Waals surface area contributed by atoms with Crippen LogP contribution in [0.4, 0.5) is 4.39 Å². The molecule has 0 spiro atoms. The van der Waals surface area contributed by atoms with Crippen LogP contribution in [0.1, 0.15) is 5.56 Å². The van der Waals surface area contributed by atoms with E-state index in [-0.39, 0.29) is 5.84 Å². The van der Waals surface area contributed by atoms with Gasteiger partial charge in [-0.1, -0.05) is 5.16 Å². The molecule has 2 aromatic rings. The molecule has 0 fully saturated rings. The zero-order chi connectivity index (χ0) is 12.3. The number of nitrogens with two attached hydrogens (primary N) is 1. The quantitative estimate of drug-likeness (QED) is 0.336. The molecule has 0 unspecified atom stereocenters. The molecule has 7 heteroatoms. The molecule has 1 aromatic heterocycles. The van der Waals surface area contributed by atoms with Gasteiger partial charge in [0.05, 0.1) is 4.90 Å². The molecular weight excluding hydrogens is 243 g/mol. The van der Waals surface area contributed by atoms with E-state index in [4.69, 9.17) is 10.9 Å². The lowest BCUT2D eigenvalue weighted by Crippen LogP contribution is -2.13. The van der Waals surface area contributed by atoms with Gasteiger partial charge in [-0.15, -0.1) is 0 Å². The number of halogens is 1. The van der Waals surface area contributed by atoms with E-state index < -0.39 is 5.82 Å². The maximum atomic E-state index is 13.7. The lowest BCUT2D eigenvalue weighted by Gasteiger charge is -2.03. The van der Waals surface area contributed by atoms with E-state index in [9.17, 15) is 4.39 Å². The van der Waals surface area contributed by atoms with E-state index >= 15 is 0 Å². The molecule has 0 saturated heterocycles. The lowest BCUT2D eigenvalue weighted by molar-refractivity contribution is 0.318. The number of H-pyrrole nitrogens is 1. The van der Waals surface area contributed by atoms with Crippen LogP contribution in [0.3, 0.4) is 0 Å². The van der Waals surface area contributed by atoms with Crippen LogP contribution in [0.25, 0.3) is 0 Å². The monoisotopic (exact) mass is 252 g/mol. The third-order valence-corrected chi connectivity index (χ3v) is 2.98. The summed E-state index contributed by atoms with van der Waals surface area (Å²) in [7, 11) is 0. The number of nitrogens with zero attached hydrogens (tertiary/aromatic N) is 2. The van der Waals surface area contributed by atoms with Gasteiger partial charge in [-0.3, -0.25) is 0 Å². The summed E-state index contributed by atoms with van der Waals surface area (Å²) in [6, 6.07) is 4.33. The number of oxime groups is 1. The summed E-state index contributed by atoms with van der Waals surface area (Å²) < 4.78 is 13.7. The maximum absolute atomic E-state index is 13.7. The first kappa shape index (κ1) is 11.5. The third kappa shape index (κ3) is 2.56. The van der Waals surface area contributed by atoms with Crippen LogP contribution in [-0.4, -0.2) is 21.0 Å². The van der Waals surface area contributed by atoms with Crippen molar-refractivity contribution in [3.63, 3.8) is 0 Å². The Hall–Kier alpha value is -2.02. The largest absolute Gasteiger partial charge is 0.409 e. The van der Waals surface area contributed by atoms with Crippen molar-refractivity contribution in [3.05, 3.63) is 42.0 Å². The van der Waals surface area contributed by atoms with Crippen LogP contribution in [0.2, 0.25) is 0 Å². The van der Waals surface area contributed by atoms with E-state index in [1.807, 2.05) is 0 Å². The van der Waals surface area contributed by atoms with E-state index in [1.165, 1.54) is 6.07 Å². The standard InChI is InChI=1S/C10H9FN4OS/c11-7-5-6(9(12)15-16)1-2-8(7)17-10-13-3-4-14-10/h1-5,16H,(H2,12,15)(H,13,14). The average Bonchev–Trinajstić information content (AvgIpc) is 2.83. The number of hydrogen-bond acceptors (Lipinski definition) is 4. The highest BCUT2D eigenvalue weighted by Gasteiger charge is 2.08. The molecule has 0 atom stereocenters. The van der Waals surface area contributed by atoms with Crippen LogP contribution in [0, 0.1) is 5.82 Å². The van der Waals surface area contributed by atoms with Gasteiger partial charge in [0.2, 0.25) is 0 Å². The highest BCUT2D eigenvalue weighted by atomic mass is 32.2. The van der Waals surface area contributed by atoms with Crippen molar-refractivity contribution < 1.29 is 9.60 Å². The van der Waals surface area contributed by atoms with Crippen molar-refractivity contribution >= 4 is 17.6 Å². The molecule has 2 rings (SSSR count). The molecule has 5 nitrogen and oxygen atoms in total. The number of hydrogen-bond donors (Lipinski definition) is 3. The third-order valence-electron chi connectivity index (χ3n) is 2.02. The summed E-state index contributed by atoms with van der Waals surface area (Å²) in [4.78, 5) is 7.25. The fourth-order valence-electron chi connectivity index (χ4n) is 1.21. The molecule has 1 aromatic carbocycles. The smallest absolute Gasteiger partial charge is 0.170 e. The van der Waals surface area contributed by atoms with E-state index in [0.29, 0.717) is 15.6 Å². The first-order valence-corrected chi connectivity index (χ1v) is 5.47. The van der Waals surface area contributed by atoms with Crippen LogP contribution in [-0.2, 0) is 0 Å². The Morgan fingerprint density at radius 2 is 2.35 bits per heavy atom. The van der Waals surface area contributed by atoms with Crippen molar-refractivity contribution in [3.8, 4) is 0 Å². The minimum Gasteiger partial charge on any atom is -0.409 e. The van der Waals surface area contributed by atoms with Gasteiger partial charge in [0.25, 0.3) is 0 Å². The molecule has 0 aliphatic heterocycles. The molecule has 88 valence electrons. The first-order valence-electron chi connectivity index (χ1n) is 4.65. The minimum absolute atomic E-state index is 0.126. The predicted octanol–water partition coefficient (Wildman–Crippen LogP) is 1.79. The van der Waals surface area contributed by atoms with Crippen molar-refractivity contribution in [1.29, 1.82) is 0 Å². The topological polar surface area (TPSA) is 87.3 Å². The van der Waals surface area contributed by atoms with Gasteiger partial charge in [0.15, 0.2) is 11.0 Å². The number of imidazole rings is 1. The normalized spacial score (nSPS) is 11.7. The second-order valence-electron chi connectivity index (χ2n) is 3.13. The molecule has 1 heterocycles. The lowest BCUT2D eigenvalue weighted by atomic mass is 10.2. The van der Waals surface area contributed by atoms with Gasteiger partial charge in [-0.2, -0.15) is 0 Å². The first-order chi connectivity index (χ1) is 8.20. The molecule has 0 aliphatic rings. The van der Waals surface area contributed by atoms with Gasteiger partial charge in [0.1, 0.15) is 5.82 Å². The van der Waals surface area contributed by atoms with E-state index in [0.717, 1.165) is 11.8 Å². The van der Waals surface area contributed by atoms with Crippen molar-refractivity contribution in [1.82, 2.24) is 9.97 Å². The minimum atomic E-state index is -0.449. The highest BCUT2D eigenvalue weighted by molar-refractivity contribution is 7.99. The van der Waals surface area contributed by atoms with Gasteiger partial charge >= 0.3 is 0 Å². The van der Waals surface area contributed by atoms with E-state index in [1.54, 1.807) is 24.5 Å².